The Labute approximate surface area is 206 Å². The van der Waals surface area contributed by atoms with Crippen LogP contribution in [0.15, 0.2) is 51.7 Å². The highest BCUT2D eigenvalue weighted by Crippen LogP contribution is 2.43. The fraction of sp³-hybridized carbons (Fsp3) is 0.259. The van der Waals surface area contributed by atoms with Crippen LogP contribution in [-0.2, 0) is 0 Å². The van der Waals surface area contributed by atoms with E-state index in [9.17, 15) is 14.4 Å². The van der Waals surface area contributed by atoms with Crippen LogP contribution in [0.1, 0.15) is 68.9 Å². The molecule has 7 nitrogen and oxygen atoms in total. The van der Waals surface area contributed by atoms with Gasteiger partial charge < -0.3 is 9.15 Å². The van der Waals surface area contributed by atoms with E-state index in [1.165, 1.54) is 11.8 Å². The second-order valence-corrected chi connectivity index (χ2v) is 9.62. The molecule has 0 radical (unpaired) electrons. The van der Waals surface area contributed by atoms with Gasteiger partial charge in [0, 0.05) is 6.92 Å². The summed E-state index contributed by atoms with van der Waals surface area (Å²) in [6.07, 6.45) is 0.849. The average molecular weight is 489 g/mol. The summed E-state index contributed by atoms with van der Waals surface area (Å²) in [4.78, 5) is 46.1. The maximum Gasteiger partial charge on any atom is 0.297 e. The first-order chi connectivity index (χ1) is 16.8. The van der Waals surface area contributed by atoms with E-state index in [-0.39, 0.29) is 22.5 Å². The first kappa shape index (κ1) is 23.0. The Hall–Kier alpha value is -3.78. The van der Waals surface area contributed by atoms with Gasteiger partial charge in [-0.1, -0.05) is 42.0 Å². The minimum Gasteiger partial charge on any atom is -0.494 e. The van der Waals surface area contributed by atoms with Gasteiger partial charge >= 0.3 is 0 Å². The number of carbonyl (C=O) groups is 2. The van der Waals surface area contributed by atoms with Crippen molar-refractivity contribution in [3.8, 4) is 5.75 Å². The van der Waals surface area contributed by atoms with E-state index < -0.39 is 11.9 Å². The zero-order valence-corrected chi connectivity index (χ0v) is 20.7. The topological polar surface area (TPSA) is 89.7 Å². The second kappa shape index (κ2) is 8.78. The van der Waals surface area contributed by atoms with Gasteiger partial charge in [0.05, 0.1) is 34.2 Å². The van der Waals surface area contributed by atoms with Gasteiger partial charge in [-0.25, -0.2) is 4.98 Å². The third kappa shape index (κ3) is 3.83. The lowest BCUT2D eigenvalue weighted by Gasteiger charge is -2.23. The number of fused-ring (bicyclic) bond motifs is 2. The Balaban J connectivity index is 1.76. The molecular formula is C27H24N2O5S. The highest BCUT2D eigenvalue weighted by atomic mass is 32.1. The van der Waals surface area contributed by atoms with Gasteiger partial charge in [-0.2, -0.15) is 0 Å². The van der Waals surface area contributed by atoms with Crippen LogP contribution in [0.4, 0.5) is 5.13 Å². The number of rotatable bonds is 6. The fourth-order valence-electron chi connectivity index (χ4n) is 4.41. The van der Waals surface area contributed by atoms with Crippen LogP contribution in [0.5, 0.6) is 5.75 Å². The molecule has 2 aromatic heterocycles. The van der Waals surface area contributed by atoms with Gasteiger partial charge in [0.2, 0.25) is 5.76 Å². The number of hydrogen-bond donors (Lipinski definition) is 0. The van der Waals surface area contributed by atoms with E-state index in [1.807, 2.05) is 44.2 Å². The summed E-state index contributed by atoms with van der Waals surface area (Å²) in [6, 6.07) is 11.9. The lowest BCUT2D eigenvalue weighted by molar-refractivity contribution is 0.0969. The highest BCUT2D eigenvalue weighted by molar-refractivity contribution is 7.17. The Morgan fingerprint density at radius 2 is 1.97 bits per heavy atom. The van der Waals surface area contributed by atoms with Crippen LogP contribution < -0.4 is 15.1 Å². The highest BCUT2D eigenvalue weighted by Gasteiger charge is 2.45. The van der Waals surface area contributed by atoms with E-state index in [0.29, 0.717) is 44.6 Å². The number of ketones is 1. The number of Topliss-reactive ketones (excluding diaryl/α,β-unsaturated/α-hetero) is 1. The molecule has 1 atom stereocenters. The van der Waals surface area contributed by atoms with Crippen molar-refractivity contribution in [2.45, 2.75) is 40.2 Å². The summed E-state index contributed by atoms with van der Waals surface area (Å²) in [6.45, 7) is 7.67. The quantitative estimate of drug-likeness (QED) is 0.328. The molecule has 1 aliphatic rings. The monoisotopic (exact) mass is 488 g/mol. The number of aromatic nitrogens is 1. The summed E-state index contributed by atoms with van der Waals surface area (Å²) in [5, 5.41) is 0.759. The standard InChI is InChI=1S/C27H24N2O5S/c1-5-11-33-18-8-6-7-17(13-18)22-21-23(31)19-12-14(2)9-10-20(19)34-24(21)26(32)29(22)27-28-15(3)25(35-27)16(4)30/h6-10,12-13,22H,5,11H2,1-4H3. The number of amides is 1. The molecule has 0 fully saturated rings. The number of thiazole rings is 1. The molecule has 1 amide bonds. The molecule has 0 saturated carbocycles. The Bertz CT molecular complexity index is 1550. The predicted molar refractivity (Wildman–Crippen MR) is 135 cm³/mol. The van der Waals surface area contributed by atoms with Gasteiger partial charge in [-0.05, 0) is 50.1 Å². The zero-order valence-electron chi connectivity index (χ0n) is 19.9. The van der Waals surface area contributed by atoms with Crippen molar-refractivity contribution in [1.29, 1.82) is 0 Å². The second-order valence-electron chi connectivity index (χ2n) is 8.64. The summed E-state index contributed by atoms with van der Waals surface area (Å²) in [5.74, 6) is 0.0464. The number of ether oxygens (including phenoxy) is 1. The fourth-order valence-corrected chi connectivity index (χ4v) is 5.39. The third-order valence-corrected chi connectivity index (χ3v) is 7.24. The molecule has 0 saturated heterocycles. The smallest absolute Gasteiger partial charge is 0.297 e. The van der Waals surface area contributed by atoms with Crippen LogP contribution in [-0.4, -0.2) is 23.3 Å². The molecule has 0 N–H and O–H groups in total. The molecule has 4 aromatic rings. The minimum absolute atomic E-state index is 0.00605. The number of aryl methyl sites for hydroxylation is 2. The molecule has 1 unspecified atom stereocenters. The average Bonchev–Trinajstić information content (AvgIpc) is 3.36. The van der Waals surface area contributed by atoms with Gasteiger partial charge in [-0.3, -0.25) is 19.3 Å². The molecule has 178 valence electrons. The molecule has 5 rings (SSSR count). The molecule has 8 heteroatoms. The number of hydrogen-bond acceptors (Lipinski definition) is 7. The SMILES string of the molecule is CCCOc1cccc(C2c3c(oc4ccc(C)cc4c3=O)C(=O)N2c2nc(C)c(C(C)=O)s2)c1. The molecule has 35 heavy (non-hydrogen) atoms. The van der Waals surface area contributed by atoms with Crippen molar-refractivity contribution in [1.82, 2.24) is 4.98 Å². The Morgan fingerprint density at radius 3 is 2.69 bits per heavy atom. The number of carbonyl (C=O) groups excluding carboxylic acids is 2. The summed E-state index contributed by atoms with van der Waals surface area (Å²) in [7, 11) is 0. The third-order valence-electron chi connectivity index (χ3n) is 5.98. The Morgan fingerprint density at radius 1 is 1.17 bits per heavy atom. The van der Waals surface area contributed by atoms with E-state index in [4.69, 9.17) is 9.15 Å². The molecule has 2 aromatic carbocycles. The van der Waals surface area contributed by atoms with Gasteiger partial charge in [0.15, 0.2) is 16.3 Å². The van der Waals surface area contributed by atoms with Crippen LogP contribution in [0.3, 0.4) is 0 Å². The van der Waals surface area contributed by atoms with Crippen molar-refractivity contribution in [2.24, 2.45) is 0 Å². The van der Waals surface area contributed by atoms with E-state index in [1.54, 1.807) is 19.1 Å². The number of nitrogens with zero attached hydrogens (tertiary/aromatic N) is 2. The van der Waals surface area contributed by atoms with Crippen molar-refractivity contribution in [3.05, 3.63) is 85.7 Å². The van der Waals surface area contributed by atoms with Crippen LogP contribution in [0.25, 0.3) is 11.0 Å². The van der Waals surface area contributed by atoms with E-state index >= 15 is 0 Å². The lowest BCUT2D eigenvalue weighted by atomic mass is 9.98. The maximum absolute atomic E-state index is 13.8. The maximum atomic E-state index is 13.8. The van der Waals surface area contributed by atoms with Gasteiger partial charge in [-0.15, -0.1) is 0 Å². The lowest BCUT2D eigenvalue weighted by Crippen LogP contribution is -2.29. The molecule has 0 bridgehead atoms. The first-order valence-corrected chi connectivity index (χ1v) is 12.2. The largest absolute Gasteiger partial charge is 0.494 e. The van der Waals surface area contributed by atoms with Crippen molar-refractivity contribution >= 4 is 39.1 Å². The number of benzene rings is 2. The predicted octanol–water partition coefficient (Wildman–Crippen LogP) is 5.61. The van der Waals surface area contributed by atoms with Crippen LogP contribution in [0.2, 0.25) is 0 Å². The van der Waals surface area contributed by atoms with E-state index in [0.717, 1.165) is 23.3 Å². The zero-order chi connectivity index (χ0) is 24.9. The summed E-state index contributed by atoms with van der Waals surface area (Å²) in [5.41, 5.74) is 2.51. The van der Waals surface area contributed by atoms with Crippen LogP contribution in [0, 0.1) is 13.8 Å². The van der Waals surface area contributed by atoms with Crippen molar-refractivity contribution in [2.75, 3.05) is 11.5 Å². The summed E-state index contributed by atoms with van der Waals surface area (Å²) >= 11 is 1.14. The Kier molecular flexibility index (Phi) is 5.76. The molecule has 0 aliphatic carbocycles. The van der Waals surface area contributed by atoms with E-state index in [2.05, 4.69) is 4.98 Å². The molecular weight excluding hydrogens is 464 g/mol. The van der Waals surface area contributed by atoms with Crippen molar-refractivity contribution < 1.29 is 18.7 Å². The molecule has 3 heterocycles. The van der Waals surface area contributed by atoms with Gasteiger partial charge in [0.25, 0.3) is 5.91 Å². The van der Waals surface area contributed by atoms with Crippen molar-refractivity contribution in [3.63, 3.8) is 0 Å². The molecule has 1 aliphatic heterocycles. The minimum atomic E-state index is -0.769. The van der Waals surface area contributed by atoms with Crippen LogP contribution >= 0.6 is 11.3 Å². The summed E-state index contributed by atoms with van der Waals surface area (Å²) < 4.78 is 11.8. The first-order valence-electron chi connectivity index (χ1n) is 11.4. The number of anilines is 1. The molecule has 0 spiro atoms. The van der Waals surface area contributed by atoms with Gasteiger partial charge in [0.1, 0.15) is 11.3 Å². The normalized spacial score (nSPS) is 15.0.